The summed E-state index contributed by atoms with van der Waals surface area (Å²) in [4.78, 5) is 10.6. The minimum atomic E-state index is 0.323. The molecule has 1 saturated heterocycles. The van der Waals surface area contributed by atoms with E-state index in [9.17, 15) is 0 Å². The molecule has 0 saturated carbocycles. The van der Waals surface area contributed by atoms with Crippen molar-refractivity contribution < 1.29 is 0 Å². The third-order valence-electron chi connectivity index (χ3n) is 3.32. The predicted molar refractivity (Wildman–Crippen MR) is 74.4 cm³/mol. The zero-order valence-corrected chi connectivity index (χ0v) is 11.1. The normalized spacial score (nSPS) is 18.5. The van der Waals surface area contributed by atoms with Crippen molar-refractivity contribution in [3.05, 3.63) is 12.3 Å². The largest absolute Gasteiger partial charge is 0.370 e. The highest BCUT2D eigenvalue weighted by atomic mass is 15.1. The molecule has 3 N–H and O–H groups in total. The second-order valence-corrected chi connectivity index (χ2v) is 5.15. The summed E-state index contributed by atoms with van der Waals surface area (Å²) < 4.78 is 0. The minimum absolute atomic E-state index is 0.323. The smallest absolute Gasteiger partial charge is 0.221 e. The van der Waals surface area contributed by atoms with Gasteiger partial charge in [0, 0.05) is 19.3 Å². The molecule has 1 fully saturated rings. The fourth-order valence-electron chi connectivity index (χ4n) is 2.40. The van der Waals surface area contributed by atoms with Crippen LogP contribution in [0, 0.1) is 5.92 Å². The topological polar surface area (TPSA) is 67.1 Å². The van der Waals surface area contributed by atoms with E-state index in [2.05, 4.69) is 27.1 Å². The number of aromatic nitrogens is 2. The number of nitrogens with zero attached hydrogens (tertiary/aromatic N) is 3. The first-order chi connectivity index (χ1) is 8.74. The Balaban J connectivity index is 1.72. The van der Waals surface area contributed by atoms with E-state index in [0.717, 1.165) is 18.9 Å². The van der Waals surface area contributed by atoms with Crippen LogP contribution >= 0.6 is 0 Å². The van der Waals surface area contributed by atoms with Crippen molar-refractivity contribution in [1.82, 2.24) is 14.9 Å². The van der Waals surface area contributed by atoms with Crippen molar-refractivity contribution in [3.63, 3.8) is 0 Å². The van der Waals surface area contributed by atoms with Gasteiger partial charge in [-0.25, -0.2) is 4.98 Å². The third kappa shape index (κ3) is 4.14. The van der Waals surface area contributed by atoms with Gasteiger partial charge in [-0.2, -0.15) is 4.98 Å². The number of piperidine rings is 1. The van der Waals surface area contributed by atoms with Crippen LogP contribution in [0.2, 0.25) is 0 Å². The summed E-state index contributed by atoms with van der Waals surface area (Å²) in [5, 5.41) is 3.32. The summed E-state index contributed by atoms with van der Waals surface area (Å²) in [5.74, 6) is 1.75. The Morgan fingerprint density at radius 2 is 2.17 bits per heavy atom. The monoisotopic (exact) mass is 249 g/mol. The molecule has 1 aromatic heterocycles. The molecule has 1 unspecified atom stereocenters. The van der Waals surface area contributed by atoms with Gasteiger partial charge in [-0.05, 0) is 37.9 Å². The Morgan fingerprint density at radius 1 is 1.39 bits per heavy atom. The van der Waals surface area contributed by atoms with Gasteiger partial charge in [0.15, 0.2) is 0 Å². The van der Waals surface area contributed by atoms with Crippen molar-refractivity contribution >= 4 is 11.8 Å². The molecule has 1 aromatic rings. The molecule has 5 heteroatoms. The second kappa shape index (κ2) is 6.54. The zero-order valence-electron chi connectivity index (χ0n) is 11.1. The van der Waals surface area contributed by atoms with E-state index in [1.165, 1.54) is 32.4 Å². The number of hydrogen-bond donors (Lipinski definition) is 2. The summed E-state index contributed by atoms with van der Waals surface area (Å²) in [6.45, 7) is 6.86. The molecular formula is C13H23N5. The van der Waals surface area contributed by atoms with E-state index in [1.807, 2.05) is 6.07 Å². The van der Waals surface area contributed by atoms with Gasteiger partial charge in [0.25, 0.3) is 0 Å². The number of likely N-dealkylation sites (tertiary alicyclic amines) is 1. The molecule has 0 aliphatic carbocycles. The molecule has 2 heterocycles. The van der Waals surface area contributed by atoms with Gasteiger partial charge in [0.1, 0.15) is 5.82 Å². The predicted octanol–water partition coefficient (Wildman–Crippen LogP) is 1.59. The molecule has 2 rings (SSSR count). The summed E-state index contributed by atoms with van der Waals surface area (Å²) in [6, 6.07) is 1.85. The van der Waals surface area contributed by atoms with Crippen molar-refractivity contribution in [1.29, 1.82) is 0 Å². The Bertz CT molecular complexity index is 362. The van der Waals surface area contributed by atoms with Gasteiger partial charge in [0.2, 0.25) is 5.95 Å². The number of rotatable bonds is 5. The Hall–Kier alpha value is -1.36. The van der Waals surface area contributed by atoms with Gasteiger partial charge in [0.05, 0.1) is 0 Å². The van der Waals surface area contributed by atoms with Crippen molar-refractivity contribution in [2.45, 2.75) is 26.2 Å². The van der Waals surface area contributed by atoms with Crippen molar-refractivity contribution in [2.75, 3.05) is 37.2 Å². The molecule has 5 nitrogen and oxygen atoms in total. The molecule has 0 spiro atoms. The van der Waals surface area contributed by atoms with Crippen LogP contribution in [0.3, 0.4) is 0 Å². The second-order valence-electron chi connectivity index (χ2n) is 5.15. The SMILES string of the molecule is CC(CNc1ccnc(N)n1)CN1CCCCC1. The van der Waals surface area contributed by atoms with E-state index in [-0.39, 0.29) is 0 Å². The fraction of sp³-hybridized carbons (Fsp3) is 0.692. The molecule has 0 bridgehead atoms. The summed E-state index contributed by atoms with van der Waals surface area (Å²) >= 11 is 0. The summed E-state index contributed by atoms with van der Waals surface area (Å²) in [7, 11) is 0. The third-order valence-corrected chi connectivity index (χ3v) is 3.32. The maximum atomic E-state index is 5.54. The first-order valence-electron chi connectivity index (χ1n) is 6.79. The van der Waals surface area contributed by atoms with Crippen LogP contribution in [-0.2, 0) is 0 Å². The van der Waals surface area contributed by atoms with Crippen molar-refractivity contribution in [2.24, 2.45) is 5.92 Å². The number of hydrogen-bond acceptors (Lipinski definition) is 5. The standard InChI is InChI=1S/C13H23N5/c1-11(10-18-7-3-2-4-8-18)9-16-12-5-6-15-13(14)17-12/h5-6,11H,2-4,7-10H2,1H3,(H3,14,15,16,17). The highest BCUT2D eigenvalue weighted by Crippen LogP contribution is 2.11. The highest BCUT2D eigenvalue weighted by molar-refractivity contribution is 5.37. The average molecular weight is 249 g/mol. The lowest BCUT2D eigenvalue weighted by molar-refractivity contribution is 0.204. The van der Waals surface area contributed by atoms with Crippen molar-refractivity contribution in [3.8, 4) is 0 Å². The van der Waals surface area contributed by atoms with Crippen LogP contribution in [0.4, 0.5) is 11.8 Å². The van der Waals surface area contributed by atoms with E-state index in [4.69, 9.17) is 5.73 Å². The highest BCUT2D eigenvalue weighted by Gasteiger charge is 2.13. The molecule has 100 valence electrons. The number of nitrogen functional groups attached to an aromatic ring is 1. The molecule has 0 aromatic carbocycles. The van der Waals surface area contributed by atoms with Crippen LogP contribution in [-0.4, -0.2) is 41.0 Å². The lowest BCUT2D eigenvalue weighted by Gasteiger charge is -2.29. The van der Waals surface area contributed by atoms with E-state index < -0.39 is 0 Å². The maximum absolute atomic E-state index is 5.54. The van der Waals surface area contributed by atoms with Crippen LogP contribution in [0.25, 0.3) is 0 Å². The average Bonchev–Trinajstić information content (AvgIpc) is 2.38. The Morgan fingerprint density at radius 3 is 2.89 bits per heavy atom. The molecule has 1 atom stereocenters. The van der Waals surface area contributed by atoms with Gasteiger partial charge in [-0.15, -0.1) is 0 Å². The van der Waals surface area contributed by atoms with Gasteiger partial charge < -0.3 is 16.0 Å². The molecule has 18 heavy (non-hydrogen) atoms. The lowest BCUT2D eigenvalue weighted by Crippen LogP contribution is -2.35. The Labute approximate surface area is 109 Å². The number of nitrogens with two attached hydrogens (primary N) is 1. The van der Waals surface area contributed by atoms with Crippen LogP contribution in [0.1, 0.15) is 26.2 Å². The zero-order chi connectivity index (χ0) is 12.8. The van der Waals surface area contributed by atoms with Gasteiger partial charge in [-0.1, -0.05) is 13.3 Å². The summed E-state index contributed by atoms with van der Waals surface area (Å²) in [6.07, 6.45) is 5.77. The van der Waals surface area contributed by atoms with E-state index >= 15 is 0 Å². The first kappa shape index (κ1) is 13.1. The minimum Gasteiger partial charge on any atom is -0.370 e. The van der Waals surface area contributed by atoms with Crippen LogP contribution in [0.15, 0.2) is 12.3 Å². The van der Waals surface area contributed by atoms with Crippen LogP contribution < -0.4 is 11.1 Å². The molecular weight excluding hydrogens is 226 g/mol. The molecule has 1 aliphatic rings. The van der Waals surface area contributed by atoms with E-state index in [0.29, 0.717) is 11.9 Å². The van der Waals surface area contributed by atoms with E-state index in [1.54, 1.807) is 6.20 Å². The lowest BCUT2D eigenvalue weighted by atomic mass is 10.1. The molecule has 0 amide bonds. The maximum Gasteiger partial charge on any atom is 0.221 e. The van der Waals surface area contributed by atoms with Gasteiger partial charge >= 0.3 is 0 Å². The number of nitrogens with one attached hydrogen (secondary N) is 1. The first-order valence-corrected chi connectivity index (χ1v) is 6.79. The van der Waals surface area contributed by atoms with Gasteiger partial charge in [-0.3, -0.25) is 0 Å². The quantitative estimate of drug-likeness (QED) is 0.829. The molecule has 1 aliphatic heterocycles. The molecule has 0 radical (unpaired) electrons. The fourth-order valence-corrected chi connectivity index (χ4v) is 2.40. The Kier molecular flexibility index (Phi) is 4.75. The van der Waals surface area contributed by atoms with Crippen LogP contribution in [0.5, 0.6) is 0 Å². The number of anilines is 2. The summed E-state index contributed by atoms with van der Waals surface area (Å²) in [5.41, 5.74) is 5.54.